The molecule has 11 nitrogen and oxygen atoms in total. The molecule has 0 unspecified atom stereocenters. The molecular formula is C30H27F2N7O4. The molecule has 220 valence electrons. The molecular weight excluding hydrogens is 560 g/mol. The van der Waals surface area contributed by atoms with E-state index in [0.29, 0.717) is 33.2 Å². The number of amides is 3. The molecule has 3 aromatic heterocycles. The van der Waals surface area contributed by atoms with E-state index in [1.807, 2.05) is 0 Å². The van der Waals surface area contributed by atoms with E-state index < -0.39 is 41.8 Å². The molecule has 1 aliphatic rings. The van der Waals surface area contributed by atoms with Crippen LogP contribution in [0.3, 0.4) is 0 Å². The van der Waals surface area contributed by atoms with E-state index in [2.05, 4.69) is 20.6 Å². The van der Waals surface area contributed by atoms with Crippen molar-refractivity contribution in [2.75, 3.05) is 6.54 Å². The molecule has 0 aliphatic carbocycles. The van der Waals surface area contributed by atoms with Crippen LogP contribution >= 0.6 is 0 Å². The van der Waals surface area contributed by atoms with Gasteiger partial charge in [0.05, 0.1) is 30.5 Å². The highest BCUT2D eigenvalue weighted by Crippen LogP contribution is 2.31. The number of carbonyl (C=O) groups is 3. The quantitative estimate of drug-likeness (QED) is 0.295. The van der Waals surface area contributed by atoms with Crippen molar-refractivity contribution in [2.24, 2.45) is 5.73 Å². The van der Waals surface area contributed by atoms with Gasteiger partial charge in [0.1, 0.15) is 35.9 Å². The zero-order chi connectivity index (χ0) is 30.4. The molecule has 0 radical (unpaired) electrons. The van der Waals surface area contributed by atoms with Crippen LogP contribution in [0.4, 0.5) is 8.78 Å². The Kier molecular flexibility index (Phi) is 7.08. The van der Waals surface area contributed by atoms with Crippen molar-refractivity contribution >= 4 is 39.6 Å². The maximum Gasteiger partial charge on any atom is 0.269 e. The Labute approximate surface area is 243 Å². The van der Waals surface area contributed by atoms with Gasteiger partial charge in [0.25, 0.3) is 5.91 Å². The standard InChI is InChI=1S/C30H27F2N7O4/c1-15-21-10-19(31)4-6-25(21)43-28(15)16(2)36-30(42)24-11-20(32)13-38(24)26(40)14-39-23-5-3-17(18-7-8-34-35-12-18)9-22(23)27(37-39)29(33)41/h3-10,12,16,20,24H,11,13-14H2,1-2H3,(H2,33,41)(H,36,42)/t16-,20-,24+/m1/s1. The van der Waals surface area contributed by atoms with Gasteiger partial charge >= 0.3 is 0 Å². The van der Waals surface area contributed by atoms with Crippen molar-refractivity contribution in [2.45, 2.75) is 45.1 Å². The summed E-state index contributed by atoms with van der Waals surface area (Å²) in [7, 11) is 0. The molecule has 3 atom stereocenters. The molecule has 4 heterocycles. The Bertz CT molecular complexity index is 1890. The monoisotopic (exact) mass is 587 g/mol. The smallest absolute Gasteiger partial charge is 0.269 e. The molecule has 3 N–H and O–H groups in total. The Morgan fingerprint density at radius 2 is 1.93 bits per heavy atom. The normalized spacial score (nSPS) is 17.4. The van der Waals surface area contributed by atoms with Gasteiger partial charge in [-0.05, 0) is 55.8 Å². The first-order chi connectivity index (χ1) is 20.6. The largest absolute Gasteiger partial charge is 0.459 e. The van der Waals surface area contributed by atoms with Crippen LogP contribution in [0.2, 0.25) is 0 Å². The fourth-order valence-corrected chi connectivity index (χ4v) is 5.65. The highest BCUT2D eigenvalue weighted by Gasteiger charge is 2.40. The number of furan rings is 1. The third-order valence-electron chi connectivity index (χ3n) is 7.75. The van der Waals surface area contributed by atoms with Gasteiger partial charge in [0.15, 0.2) is 5.69 Å². The van der Waals surface area contributed by atoms with Gasteiger partial charge < -0.3 is 20.4 Å². The van der Waals surface area contributed by atoms with Crippen LogP contribution in [-0.4, -0.2) is 61.4 Å². The second-order valence-electron chi connectivity index (χ2n) is 10.6. The first-order valence-electron chi connectivity index (χ1n) is 13.6. The van der Waals surface area contributed by atoms with Gasteiger partial charge in [0, 0.05) is 28.3 Å². The predicted octanol–water partition coefficient (Wildman–Crippen LogP) is 3.60. The van der Waals surface area contributed by atoms with E-state index in [9.17, 15) is 23.2 Å². The van der Waals surface area contributed by atoms with E-state index in [1.54, 1.807) is 44.3 Å². The molecule has 1 saturated heterocycles. The number of alkyl halides is 1. The summed E-state index contributed by atoms with van der Waals surface area (Å²) in [6, 6.07) is 9.42. The second kappa shape index (κ2) is 10.9. The average Bonchev–Trinajstić information content (AvgIpc) is 3.66. The van der Waals surface area contributed by atoms with Gasteiger partial charge in [-0.25, -0.2) is 8.78 Å². The van der Waals surface area contributed by atoms with Gasteiger partial charge in [-0.2, -0.15) is 15.3 Å². The zero-order valence-electron chi connectivity index (χ0n) is 23.3. The molecule has 3 amide bonds. The van der Waals surface area contributed by atoms with E-state index in [1.165, 1.54) is 34.0 Å². The number of rotatable bonds is 7. The maximum absolute atomic E-state index is 14.6. The SMILES string of the molecule is Cc1c([C@@H](C)NC(=O)[C@@H]2C[C@@H](F)CN2C(=O)Cn2nc(C(N)=O)c3cc(-c4ccnnc4)ccc32)oc2ccc(F)cc12. The van der Waals surface area contributed by atoms with E-state index in [-0.39, 0.29) is 25.2 Å². The van der Waals surface area contributed by atoms with Crippen molar-refractivity contribution in [3.05, 3.63) is 77.7 Å². The second-order valence-corrected chi connectivity index (χ2v) is 10.6. The summed E-state index contributed by atoms with van der Waals surface area (Å²) < 4.78 is 35.6. The number of fused-ring (bicyclic) bond motifs is 2. The minimum absolute atomic E-state index is 0.0272. The number of halogens is 2. The van der Waals surface area contributed by atoms with Crippen molar-refractivity contribution < 1.29 is 27.6 Å². The van der Waals surface area contributed by atoms with Crippen molar-refractivity contribution in [3.8, 4) is 11.1 Å². The van der Waals surface area contributed by atoms with Crippen LogP contribution in [0.1, 0.15) is 41.2 Å². The van der Waals surface area contributed by atoms with Gasteiger partial charge in [-0.3, -0.25) is 19.1 Å². The van der Waals surface area contributed by atoms with Crippen molar-refractivity contribution in [1.82, 2.24) is 30.2 Å². The van der Waals surface area contributed by atoms with E-state index in [4.69, 9.17) is 10.2 Å². The maximum atomic E-state index is 14.6. The number of nitrogens with one attached hydrogen (secondary N) is 1. The number of aromatic nitrogens is 4. The highest BCUT2D eigenvalue weighted by atomic mass is 19.1. The summed E-state index contributed by atoms with van der Waals surface area (Å²) in [6.45, 7) is 2.85. The van der Waals surface area contributed by atoms with Crippen LogP contribution in [0.25, 0.3) is 33.0 Å². The van der Waals surface area contributed by atoms with Crippen LogP contribution in [0.15, 0.2) is 59.3 Å². The lowest BCUT2D eigenvalue weighted by Gasteiger charge is -2.25. The van der Waals surface area contributed by atoms with Crippen LogP contribution in [0, 0.1) is 12.7 Å². The summed E-state index contributed by atoms with van der Waals surface area (Å²) >= 11 is 0. The molecule has 1 fully saturated rings. The van der Waals surface area contributed by atoms with Crippen molar-refractivity contribution in [1.29, 1.82) is 0 Å². The molecule has 2 aromatic carbocycles. The van der Waals surface area contributed by atoms with Gasteiger partial charge in [0.2, 0.25) is 11.8 Å². The first-order valence-corrected chi connectivity index (χ1v) is 13.6. The van der Waals surface area contributed by atoms with Crippen LogP contribution in [0.5, 0.6) is 0 Å². The third-order valence-corrected chi connectivity index (χ3v) is 7.75. The molecule has 1 aliphatic heterocycles. The lowest BCUT2D eigenvalue weighted by atomic mass is 10.0. The van der Waals surface area contributed by atoms with Crippen LogP contribution in [-0.2, 0) is 16.1 Å². The number of nitrogens with zero attached hydrogens (tertiary/aromatic N) is 5. The van der Waals surface area contributed by atoms with Crippen LogP contribution < -0.4 is 11.1 Å². The fraction of sp³-hybridized carbons (Fsp3) is 0.267. The van der Waals surface area contributed by atoms with Gasteiger partial charge in [-0.1, -0.05) is 6.07 Å². The minimum atomic E-state index is -1.40. The summed E-state index contributed by atoms with van der Waals surface area (Å²) in [6.07, 6.45) is 1.53. The summed E-state index contributed by atoms with van der Waals surface area (Å²) in [5.74, 6) is -1.85. The topological polar surface area (TPSA) is 149 Å². The van der Waals surface area contributed by atoms with Crippen molar-refractivity contribution in [3.63, 3.8) is 0 Å². The highest BCUT2D eigenvalue weighted by molar-refractivity contribution is 6.05. The Morgan fingerprint density at radius 1 is 1.12 bits per heavy atom. The predicted molar refractivity (Wildman–Crippen MR) is 152 cm³/mol. The summed E-state index contributed by atoms with van der Waals surface area (Å²) in [5.41, 5.74) is 8.68. The lowest BCUT2D eigenvalue weighted by molar-refractivity contribution is -0.139. The number of likely N-dealkylation sites (tertiary alicyclic amines) is 1. The number of nitrogens with two attached hydrogens (primary N) is 1. The lowest BCUT2D eigenvalue weighted by Crippen LogP contribution is -2.47. The number of hydrogen-bond donors (Lipinski definition) is 2. The number of primary amides is 1. The molecule has 13 heteroatoms. The zero-order valence-corrected chi connectivity index (χ0v) is 23.3. The molecule has 5 aromatic rings. The number of hydrogen-bond acceptors (Lipinski definition) is 7. The number of aryl methyl sites for hydroxylation is 1. The number of carbonyl (C=O) groups excluding carboxylic acids is 3. The molecule has 6 rings (SSSR count). The average molecular weight is 588 g/mol. The molecule has 43 heavy (non-hydrogen) atoms. The molecule has 0 saturated carbocycles. The molecule has 0 bridgehead atoms. The fourth-order valence-electron chi connectivity index (χ4n) is 5.65. The van der Waals surface area contributed by atoms with E-state index in [0.717, 1.165) is 11.1 Å². The number of benzene rings is 2. The molecule has 0 spiro atoms. The third kappa shape index (κ3) is 5.17. The summed E-state index contributed by atoms with van der Waals surface area (Å²) in [5, 5.41) is 15.8. The first kappa shape index (κ1) is 27.9. The van der Waals surface area contributed by atoms with E-state index >= 15 is 0 Å². The Morgan fingerprint density at radius 3 is 2.67 bits per heavy atom. The Balaban J connectivity index is 1.23. The van der Waals surface area contributed by atoms with Gasteiger partial charge in [-0.15, -0.1) is 0 Å². The minimum Gasteiger partial charge on any atom is -0.459 e. The Hall–Kier alpha value is -5.20. The summed E-state index contributed by atoms with van der Waals surface area (Å²) in [4.78, 5) is 40.2.